The molecule has 0 bridgehead atoms. The molecule has 6 nitrogen and oxygen atoms in total. The maximum Gasteiger partial charge on any atom is 0.416 e. The van der Waals surface area contributed by atoms with Gasteiger partial charge in [-0.3, -0.25) is 14.5 Å². The number of carbonyl (C=O) groups is 2. The number of phenolic OH excluding ortho intramolecular Hbond substituents is 1. The number of Topliss-reactive ketones (excluding diaryl/α,β-unsaturated/α-hetero) is 1. The molecule has 5 rings (SSSR count). The van der Waals surface area contributed by atoms with E-state index in [-0.39, 0.29) is 22.6 Å². The van der Waals surface area contributed by atoms with Gasteiger partial charge >= 0.3 is 6.18 Å². The molecule has 9 heteroatoms. The zero-order chi connectivity index (χ0) is 25.6. The van der Waals surface area contributed by atoms with Gasteiger partial charge in [-0.05, 0) is 72.5 Å². The highest BCUT2D eigenvalue weighted by atomic mass is 19.4. The van der Waals surface area contributed by atoms with Crippen LogP contribution in [-0.4, -0.2) is 28.5 Å². The summed E-state index contributed by atoms with van der Waals surface area (Å²) < 4.78 is 45.8. The van der Waals surface area contributed by atoms with Crippen LogP contribution in [0, 0.1) is 0 Å². The Bertz CT molecular complexity index is 1400. The lowest BCUT2D eigenvalue weighted by Gasteiger charge is -2.26. The van der Waals surface area contributed by atoms with Crippen molar-refractivity contribution in [2.45, 2.75) is 25.1 Å². The van der Waals surface area contributed by atoms with Crippen LogP contribution in [0.2, 0.25) is 0 Å². The number of ether oxygens (including phenoxy) is 1. The van der Waals surface area contributed by atoms with Crippen LogP contribution in [0.1, 0.15) is 34.7 Å². The fourth-order valence-corrected chi connectivity index (χ4v) is 4.57. The van der Waals surface area contributed by atoms with Gasteiger partial charge in [0.2, 0.25) is 0 Å². The van der Waals surface area contributed by atoms with Crippen LogP contribution in [0.15, 0.2) is 72.3 Å². The summed E-state index contributed by atoms with van der Waals surface area (Å²) in [5.74, 6) is -1.97. The van der Waals surface area contributed by atoms with Gasteiger partial charge in [0.1, 0.15) is 17.3 Å². The molecule has 3 aromatic rings. The zero-order valence-electron chi connectivity index (χ0n) is 18.7. The summed E-state index contributed by atoms with van der Waals surface area (Å²) >= 11 is 0. The number of hydrogen-bond donors (Lipinski definition) is 2. The number of aliphatic hydroxyl groups excluding tert-OH is 1. The third-order valence-electron chi connectivity index (χ3n) is 6.29. The predicted molar refractivity (Wildman–Crippen MR) is 125 cm³/mol. The molecule has 1 fully saturated rings. The molecular weight excluding hydrogens is 475 g/mol. The van der Waals surface area contributed by atoms with E-state index in [4.69, 9.17) is 4.74 Å². The van der Waals surface area contributed by atoms with Crippen LogP contribution in [0.4, 0.5) is 18.9 Å². The van der Waals surface area contributed by atoms with Gasteiger partial charge in [0.05, 0.1) is 23.8 Å². The molecule has 1 atom stereocenters. The van der Waals surface area contributed by atoms with Crippen molar-refractivity contribution in [3.63, 3.8) is 0 Å². The number of anilines is 1. The van der Waals surface area contributed by atoms with E-state index in [1.165, 1.54) is 30.3 Å². The molecule has 3 aromatic carbocycles. The van der Waals surface area contributed by atoms with Gasteiger partial charge in [0.25, 0.3) is 11.7 Å². The average molecular weight is 495 g/mol. The third kappa shape index (κ3) is 4.06. The van der Waals surface area contributed by atoms with Crippen LogP contribution in [0.25, 0.3) is 5.76 Å². The van der Waals surface area contributed by atoms with Gasteiger partial charge in [0, 0.05) is 11.3 Å². The summed E-state index contributed by atoms with van der Waals surface area (Å²) in [4.78, 5) is 27.3. The lowest BCUT2D eigenvalue weighted by molar-refractivity contribution is -0.137. The predicted octanol–water partition coefficient (Wildman–Crippen LogP) is 5.36. The highest BCUT2D eigenvalue weighted by Gasteiger charge is 2.47. The Morgan fingerprint density at radius 3 is 2.47 bits per heavy atom. The molecule has 2 aliphatic rings. The number of aromatic hydroxyl groups is 1. The molecule has 0 aromatic heterocycles. The second-order valence-corrected chi connectivity index (χ2v) is 8.58. The van der Waals surface area contributed by atoms with E-state index in [1.54, 1.807) is 18.2 Å². The number of fused-ring (bicyclic) bond motifs is 1. The molecule has 2 aliphatic heterocycles. The molecule has 2 heterocycles. The van der Waals surface area contributed by atoms with Gasteiger partial charge in [-0.1, -0.05) is 18.2 Å². The minimum absolute atomic E-state index is 0.0792. The van der Waals surface area contributed by atoms with Crippen LogP contribution in [0.5, 0.6) is 11.5 Å². The van der Waals surface area contributed by atoms with Gasteiger partial charge in [0.15, 0.2) is 0 Å². The number of nitrogens with zero attached hydrogens (tertiary/aromatic N) is 1. The molecule has 184 valence electrons. The number of alkyl halides is 3. The lowest BCUT2D eigenvalue weighted by Crippen LogP contribution is -2.29. The monoisotopic (exact) mass is 495 g/mol. The van der Waals surface area contributed by atoms with E-state index in [1.807, 2.05) is 0 Å². The van der Waals surface area contributed by atoms with E-state index < -0.39 is 35.2 Å². The summed E-state index contributed by atoms with van der Waals surface area (Å²) in [6.45, 7) is 0.571. The lowest BCUT2D eigenvalue weighted by atomic mass is 9.93. The van der Waals surface area contributed by atoms with E-state index in [9.17, 15) is 33.0 Å². The van der Waals surface area contributed by atoms with Crippen molar-refractivity contribution in [2.75, 3.05) is 11.5 Å². The molecule has 0 aliphatic carbocycles. The molecular formula is C27H20F3NO5. The SMILES string of the molecule is O=C1C(=O)N(c2cccc(C(F)(F)F)c2)C(c2ccc(O)cc2)/C1=C(/O)c1ccc2c(c1)CCCO2. The standard InChI is InChI=1S/C27H20F3NO5/c28-27(29,30)18-4-1-5-19(14-18)31-23(15-6-9-20(32)10-7-15)22(25(34)26(31)35)24(33)17-8-11-21-16(13-17)3-2-12-36-21/h1,4-11,13-14,23,32-33H,2-3,12H2/b24-22-. The fraction of sp³-hybridized carbons (Fsp3) is 0.185. The van der Waals surface area contributed by atoms with Crippen molar-refractivity contribution in [1.29, 1.82) is 0 Å². The largest absolute Gasteiger partial charge is 0.508 e. The Morgan fingerprint density at radius 1 is 1.00 bits per heavy atom. The van der Waals surface area contributed by atoms with Gasteiger partial charge in [-0.2, -0.15) is 13.2 Å². The van der Waals surface area contributed by atoms with Crippen LogP contribution >= 0.6 is 0 Å². The average Bonchev–Trinajstić information content (AvgIpc) is 3.13. The van der Waals surface area contributed by atoms with E-state index in [0.717, 1.165) is 35.1 Å². The maximum absolute atomic E-state index is 13.4. The Kier molecular flexibility index (Phi) is 5.70. The first-order valence-electron chi connectivity index (χ1n) is 11.2. The number of aryl methyl sites for hydroxylation is 1. The highest BCUT2D eigenvalue weighted by molar-refractivity contribution is 6.51. The number of benzene rings is 3. The Hall–Kier alpha value is -4.27. The molecule has 36 heavy (non-hydrogen) atoms. The topological polar surface area (TPSA) is 87.1 Å². The minimum atomic E-state index is -4.66. The summed E-state index contributed by atoms with van der Waals surface area (Å²) in [5, 5.41) is 21.0. The van der Waals surface area contributed by atoms with Crippen LogP contribution in [0.3, 0.4) is 0 Å². The number of amides is 1. The molecule has 0 saturated carbocycles. The second kappa shape index (κ2) is 8.75. The van der Waals surface area contributed by atoms with E-state index >= 15 is 0 Å². The number of hydrogen-bond acceptors (Lipinski definition) is 5. The number of phenols is 1. The minimum Gasteiger partial charge on any atom is -0.508 e. The summed E-state index contributed by atoms with van der Waals surface area (Å²) in [7, 11) is 0. The molecule has 0 radical (unpaired) electrons. The number of carbonyl (C=O) groups excluding carboxylic acids is 2. The number of halogens is 3. The Morgan fingerprint density at radius 2 is 1.75 bits per heavy atom. The van der Waals surface area contributed by atoms with Crippen LogP contribution in [-0.2, 0) is 22.2 Å². The normalized spacial score (nSPS) is 19.2. The van der Waals surface area contributed by atoms with Crippen molar-refractivity contribution < 1.29 is 37.7 Å². The Labute approximate surface area is 203 Å². The number of ketones is 1. The fourth-order valence-electron chi connectivity index (χ4n) is 4.57. The number of aliphatic hydroxyl groups is 1. The molecule has 2 N–H and O–H groups in total. The van der Waals surface area contributed by atoms with Gasteiger partial charge in [-0.15, -0.1) is 0 Å². The first kappa shape index (κ1) is 23.5. The summed E-state index contributed by atoms with van der Waals surface area (Å²) in [5.41, 5.74) is 0.0413. The third-order valence-corrected chi connectivity index (χ3v) is 6.29. The quantitative estimate of drug-likeness (QED) is 0.290. The van der Waals surface area contributed by atoms with Crippen LogP contribution < -0.4 is 9.64 Å². The van der Waals surface area contributed by atoms with Crippen molar-refractivity contribution in [3.8, 4) is 11.5 Å². The maximum atomic E-state index is 13.4. The smallest absolute Gasteiger partial charge is 0.416 e. The second-order valence-electron chi connectivity index (χ2n) is 8.58. The first-order chi connectivity index (χ1) is 17.1. The van der Waals surface area contributed by atoms with E-state index in [2.05, 4.69) is 0 Å². The number of rotatable bonds is 3. The summed E-state index contributed by atoms with van der Waals surface area (Å²) in [6.07, 6.45) is -3.18. The van der Waals surface area contributed by atoms with Crippen molar-refractivity contribution in [1.82, 2.24) is 0 Å². The Balaban J connectivity index is 1.69. The van der Waals surface area contributed by atoms with Crippen molar-refractivity contribution in [3.05, 3.63) is 94.6 Å². The zero-order valence-corrected chi connectivity index (χ0v) is 18.7. The molecule has 0 spiro atoms. The molecule has 1 unspecified atom stereocenters. The van der Waals surface area contributed by atoms with Gasteiger partial charge in [-0.25, -0.2) is 0 Å². The van der Waals surface area contributed by atoms with E-state index in [0.29, 0.717) is 24.3 Å². The summed E-state index contributed by atoms with van der Waals surface area (Å²) in [6, 6.07) is 13.3. The van der Waals surface area contributed by atoms with Crippen molar-refractivity contribution in [2.24, 2.45) is 0 Å². The first-order valence-corrected chi connectivity index (χ1v) is 11.2. The molecule has 1 saturated heterocycles. The van der Waals surface area contributed by atoms with Crippen molar-refractivity contribution >= 4 is 23.1 Å². The van der Waals surface area contributed by atoms with Gasteiger partial charge < -0.3 is 14.9 Å². The highest BCUT2D eigenvalue weighted by Crippen LogP contribution is 2.44. The molecule has 1 amide bonds.